The van der Waals surface area contributed by atoms with Gasteiger partial charge in [-0.25, -0.2) is 0 Å². The van der Waals surface area contributed by atoms with Gasteiger partial charge in [-0.15, -0.1) is 11.3 Å². The third-order valence-electron chi connectivity index (χ3n) is 4.37. The number of amides is 2. The standard InChI is InChI=1S/C19H16N2O2S2/c1-11-16-14(12-7-8-24-10-12)9-15(22)21-19(16)25-17(11)18(23)20-13-5-3-2-4-6-13/h2-8,10,14H,9H2,1H3,(H,20,23)(H,21,22)/t14-/m0/s1. The van der Waals surface area contributed by atoms with Crippen molar-refractivity contribution in [3.63, 3.8) is 0 Å². The Morgan fingerprint density at radius 2 is 2.04 bits per heavy atom. The number of fused-ring (bicyclic) bond motifs is 1. The van der Waals surface area contributed by atoms with E-state index in [0.29, 0.717) is 11.3 Å². The predicted octanol–water partition coefficient (Wildman–Crippen LogP) is 4.84. The van der Waals surface area contributed by atoms with Crippen molar-refractivity contribution in [2.75, 3.05) is 10.6 Å². The molecule has 1 aliphatic heterocycles. The van der Waals surface area contributed by atoms with Gasteiger partial charge in [-0.05, 0) is 52.6 Å². The highest BCUT2D eigenvalue weighted by Gasteiger charge is 2.32. The maximum atomic E-state index is 12.7. The number of benzene rings is 1. The number of hydrogen-bond donors (Lipinski definition) is 2. The first-order chi connectivity index (χ1) is 12.1. The summed E-state index contributed by atoms with van der Waals surface area (Å²) in [5.41, 5.74) is 3.92. The summed E-state index contributed by atoms with van der Waals surface area (Å²) in [6, 6.07) is 11.4. The van der Waals surface area contributed by atoms with E-state index in [1.54, 1.807) is 11.3 Å². The van der Waals surface area contributed by atoms with Crippen LogP contribution in [-0.2, 0) is 4.79 Å². The SMILES string of the molecule is Cc1c(C(=O)Nc2ccccc2)sc2c1[C@H](c1ccsc1)CC(=O)N2. The first-order valence-electron chi connectivity index (χ1n) is 7.95. The molecule has 0 radical (unpaired) electrons. The minimum atomic E-state index is -0.138. The number of hydrogen-bond acceptors (Lipinski definition) is 4. The van der Waals surface area contributed by atoms with E-state index in [0.717, 1.165) is 27.4 Å². The summed E-state index contributed by atoms with van der Waals surface area (Å²) in [6.07, 6.45) is 0.418. The Kier molecular flexibility index (Phi) is 4.15. The second-order valence-electron chi connectivity index (χ2n) is 5.98. The van der Waals surface area contributed by atoms with Crippen LogP contribution in [0.5, 0.6) is 0 Å². The maximum Gasteiger partial charge on any atom is 0.266 e. The number of thiophene rings is 2. The Morgan fingerprint density at radius 1 is 1.24 bits per heavy atom. The number of rotatable bonds is 3. The van der Waals surface area contributed by atoms with Crippen LogP contribution in [0.25, 0.3) is 0 Å². The van der Waals surface area contributed by atoms with Crippen molar-refractivity contribution in [1.29, 1.82) is 0 Å². The molecule has 1 aromatic carbocycles. The zero-order valence-corrected chi connectivity index (χ0v) is 15.2. The average Bonchev–Trinajstić information content (AvgIpc) is 3.23. The van der Waals surface area contributed by atoms with E-state index in [4.69, 9.17) is 0 Å². The monoisotopic (exact) mass is 368 g/mol. The molecule has 3 aromatic rings. The van der Waals surface area contributed by atoms with E-state index in [9.17, 15) is 9.59 Å². The largest absolute Gasteiger partial charge is 0.321 e. The highest BCUT2D eigenvalue weighted by atomic mass is 32.1. The number of nitrogens with one attached hydrogen (secondary N) is 2. The van der Waals surface area contributed by atoms with Gasteiger partial charge in [-0.3, -0.25) is 9.59 Å². The van der Waals surface area contributed by atoms with Gasteiger partial charge in [0.1, 0.15) is 0 Å². The molecular formula is C19H16N2O2S2. The number of carbonyl (C=O) groups excluding carboxylic acids is 2. The third-order valence-corrected chi connectivity index (χ3v) is 6.29. The summed E-state index contributed by atoms with van der Waals surface area (Å²) >= 11 is 2.98. The molecule has 1 atom stereocenters. The molecule has 0 saturated heterocycles. The van der Waals surface area contributed by atoms with Crippen molar-refractivity contribution in [2.45, 2.75) is 19.3 Å². The molecule has 0 unspecified atom stereocenters. The maximum absolute atomic E-state index is 12.7. The summed E-state index contributed by atoms with van der Waals surface area (Å²) < 4.78 is 0. The minimum absolute atomic E-state index is 0.0000301. The lowest BCUT2D eigenvalue weighted by Gasteiger charge is -2.23. The zero-order chi connectivity index (χ0) is 17.4. The topological polar surface area (TPSA) is 58.2 Å². The second-order valence-corrected chi connectivity index (χ2v) is 7.78. The number of carbonyl (C=O) groups is 2. The zero-order valence-electron chi connectivity index (χ0n) is 13.5. The van der Waals surface area contributed by atoms with E-state index >= 15 is 0 Å². The molecular weight excluding hydrogens is 352 g/mol. The first kappa shape index (κ1) is 16.1. The van der Waals surface area contributed by atoms with Crippen LogP contribution in [0, 0.1) is 6.92 Å². The van der Waals surface area contributed by atoms with Gasteiger partial charge in [-0.2, -0.15) is 11.3 Å². The Bertz CT molecular complexity index is 930. The lowest BCUT2D eigenvalue weighted by molar-refractivity contribution is -0.116. The van der Waals surface area contributed by atoms with E-state index in [-0.39, 0.29) is 17.7 Å². The van der Waals surface area contributed by atoms with Crippen molar-refractivity contribution in [1.82, 2.24) is 0 Å². The van der Waals surface area contributed by atoms with Crippen molar-refractivity contribution >= 4 is 45.2 Å². The fourth-order valence-corrected chi connectivity index (χ4v) is 5.08. The lowest BCUT2D eigenvalue weighted by Crippen LogP contribution is -2.22. The van der Waals surface area contributed by atoms with Crippen molar-refractivity contribution in [2.24, 2.45) is 0 Å². The Balaban J connectivity index is 1.71. The van der Waals surface area contributed by atoms with Gasteiger partial charge in [0.25, 0.3) is 5.91 Å². The van der Waals surface area contributed by atoms with Gasteiger partial charge in [0.15, 0.2) is 0 Å². The van der Waals surface area contributed by atoms with Gasteiger partial charge >= 0.3 is 0 Å². The second kappa shape index (κ2) is 6.46. The summed E-state index contributed by atoms with van der Waals surface area (Å²) in [4.78, 5) is 25.5. The van der Waals surface area contributed by atoms with Gasteiger partial charge in [0, 0.05) is 18.0 Å². The van der Waals surface area contributed by atoms with Crippen LogP contribution in [0.2, 0.25) is 0 Å². The molecule has 0 saturated carbocycles. The van der Waals surface area contributed by atoms with Gasteiger partial charge in [-0.1, -0.05) is 18.2 Å². The smallest absolute Gasteiger partial charge is 0.266 e. The van der Waals surface area contributed by atoms with Crippen LogP contribution < -0.4 is 10.6 Å². The van der Waals surface area contributed by atoms with Crippen LogP contribution in [0.3, 0.4) is 0 Å². The molecule has 0 aliphatic carbocycles. The highest BCUT2D eigenvalue weighted by molar-refractivity contribution is 7.18. The van der Waals surface area contributed by atoms with Gasteiger partial charge < -0.3 is 10.6 Å². The molecule has 3 heterocycles. The minimum Gasteiger partial charge on any atom is -0.321 e. The molecule has 4 rings (SSSR count). The van der Waals surface area contributed by atoms with Crippen molar-refractivity contribution in [3.05, 3.63) is 68.7 Å². The van der Waals surface area contributed by atoms with E-state index in [1.807, 2.05) is 42.6 Å². The Morgan fingerprint density at radius 3 is 2.76 bits per heavy atom. The predicted molar refractivity (Wildman–Crippen MR) is 103 cm³/mol. The molecule has 4 nitrogen and oxygen atoms in total. The summed E-state index contributed by atoms with van der Waals surface area (Å²) in [5, 5.41) is 10.8. The molecule has 126 valence electrons. The molecule has 0 spiro atoms. The first-order valence-corrected chi connectivity index (χ1v) is 9.71. The van der Waals surface area contributed by atoms with Gasteiger partial charge in [0.05, 0.1) is 9.88 Å². The van der Waals surface area contributed by atoms with E-state index in [1.165, 1.54) is 11.3 Å². The van der Waals surface area contributed by atoms with E-state index in [2.05, 4.69) is 22.1 Å². The molecule has 0 bridgehead atoms. The molecule has 6 heteroatoms. The Labute approximate surface area is 153 Å². The fraction of sp³-hybridized carbons (Fsp3) is 0.158. The van der Waals surface area contributed by atoms with Crippen LogP contribution in [-0.4, -0.2) is 11.8 Å². The summed E-state index contributed by atoms with van der Waals surface area (Å²) in [5.74, 6) is -0.120. The van der Waals surface area contributed by atoms with Crippen LogP contribution in [0.4, 0.5) is 10.7 Å². The fourth-order valence-electron chi connectivity index (χ4n) is 3.19. The number of para-hydroxylation sites is 1. The van der Waals surface area contributed by atoms with Crippen molar-refractivity contribution < 1.29 is 9.59 Å². The quantitative estimate of drug-likeness (QED) is 0.695. The van der Waals surface area contributed by atoms with Gasteiger partial charge in [0.2, 0.25) is 5.91 Å². The highest BCUT2D eigenvalue weighted by Crippen LogP contribution is 2.45. The third kappa shape index (κ3) is 2.99. The summed E-state index contributed by atoms with van der Waals surface area (Å²) in [7, 11) is 0. The van der Waals surface area contributed by atoms with E-state index < -0.39 is 0 Å². The van der Waals surface area contributed by atoms with Crippen LogP contribution >= 0.6 is 22.7 Å². The lowest BCUT2D eigenvalue weighted by atomic mass is 9.86. The van der Waals surface area contributed by atoms with Crippen LogP contribution in [0.1, 0.15) is 38.7 Å². The molecule has 1 aliphatic rings. The molecule has 2 N–H and O–H groups in total. The average molecular weight is 368 g/mol. The summed E-state index contributed by atoms with van der Waals surface area (Å²) in [6.45, 7) is 1.96. The number of anilines is 2. The molecule has 0 fully saturated rings. The van der Waals surface area contributed by atoms with Crippen molar-refractivity contribution in [3.8, 4) is 0 Å². The normalized spacial score (nSPS) is 16.2. The molecule has 25 heavy (non-hydrogen) atoms. The Hall–Kier alpha value is -2.44. The molecule has 2 amide bonds. The van der Waals surface area contributed by atoms with Crippen LogP contribution in [0.15, 0.2) is 47.2 Å². The molecule has 2 aromatic heterocycles.